The standard InChI is InChI=1S/C19H32N2/c1-14(2)11-16(21(5)6)13-20-18-17-10-8-7-9-15(17)12-19(18,3)4/h7-10,14,16,18,20H,11-13H2,1-6H3. The largest absolute Gasteiger partial charge is 0.308 e. The van der Waals surface area contributed by atoms with E-state index in [4.69, 9.17) is 0 Å². The van der Waals surface area contributed by atoms with Crippen LogP contribution < -0.4 is 5.32 Å². The lowest BCUT2D eigenvalue weighted by molar-refractivity contribution is 0.209. The lowest BCUT2D eigenvalue weighted by atomic mass is 9.85. The molecular weight excluding hydrogens is 256 g/mol. The first kappa shape index (κ1) is 16.5. The van der Waals surface area contributed by atoms with Gasteiger partial charge >= 0.3 is 0 Å². The van der Waals surface area contributed by atoms with Gasteiger partial charge < -0.3 is 10.2 Å². The first-order valence-corrected chi connectivity index (χ1v) is 8.29. The van der Waals surface area contributed by atoms with E-state index in [1.807, 2.05) is 0 Å². The molecule has 2 rings (SSSR count). The van der Waals surface area contributed by atoms with E-state index in [0.717, 1.165) is 12.5 Å². The molecule has 118 valence electrons. The van der Waals surface area contributed by atoms with Crippen LogP contribution in [0.1, 0.15) is 51.3 Å². The molecule has 0 fully saturated rings. The van der Waals surface area contributed by atoms with Gasteiger partial charge in [-0.2, -0.15) is 0 Å². The molecule has 2 atom stereocenters. The van der Waals surface area contributed by atoms with Crippen molar-refractivity contribution in [1.29, 1.82) is 0 Å². The average Bonchev–Trinajstić information content (AvgIpc) is 2.63. The molecule has 0 spiro atoms. The zero-order valence-electron chi connectivity index (χ0n) is 14.6. The summed E-state index contributed by atoms with van der Waals surface area (Å²) in [6.45, 7) is 10.5. The van der Waals surface area contributed by atoms with E-state index in [2.05, 4.69) is 76.3 Å². The third kappa shape index (κ3) is 3.87. The predicted octanol–water partition coefficient (Wildman–Crippen LogP) is 3.88. The molecule has 0 aromatic heterocycles. The molecule has 2 heteroatoms. The minimum absolute atomic E-state index is 0.304. The number of nitrogens with zero attached hydrogens (tertiary/aromatic N) is 1. The Bertz CT molecular complexity index is 462. The van der Waals surface area contributed by atoms with Gasteiger partial charge in [-0.25, -0.2) is 0 Å². The number of rotatable bonds is 6. The van der Waals surface area contributed by atoms with Crippen molar-refractivity contribution in [2.75, 3.05) is 20.6 Å². The topological polar surface area (TPSA) is 15.3 Å². The van der Waals surface area contributed by atoms with Crippen LogP contribution in [0.3, 0.4) is 0 Å². The molecule has 1 N–H and O–H groups in total. The molecule has 0 aliphatic heterocycles. The van der Waals surface area contributed by atoms with Crippen molar-refractivity contribution >= 4 is 0 Å². The Hall–Kier alpha value is -0.860. The van der Waals surface area contributed by atoms with E-state index in [-0.39, 0.29) is 0 Å². The molecule has 21 heavy (non-hydrogen) atoms. The third-order valence-corrected chi connectivity index (χ3v) is 4.83. The molecule has 0 saturated carbocycles. The van der Waals surface area contributed by atoms with E-state index in [9.17, 15) is 0 Å². The van der Waals surface area contributed by atoms with Crippen molar-refractivity contribution in [3.05, 3.63) is 35.4 Å². The summed E-state index contributed by atoms with van der Waals surface area (Å²) < 4.78 is 0. The fourth-order valence-corrected chi connectivity index (χ4v) is 3.65. The lowest BCUT2D eigenvalue weighted by Crippen LogP contribution is -2.42. The van der Waals surface area contributed by atoms with Crippen LogP contribution in [0, 0.1) is 11.3 Å². The lowest BCUT2D eigenvalue weighted by Gasteiger charge is -2.33. The highest BCUT2D eigenvalue weighted by Crippen LogP contribution is 2.44. The predicted molar refractivity (Wildman–Crippen MR) is 91.6 cm³/mol. The third-order valence-electron chi connectivity index (χ3n) is 4.83. The van der Waals surface area contributed by atoms with Gasteiger partial charge in [0.1, 0.15) is 0 Å². The van der Waals surface area contributed by atoms with Crippen LogP contribution in [-0.2, 0) is 6.42 Å². The number of likely N-dealkylation sites (N-methyl/N-ethyl adjacent to an activating group) is 1. The Labute approximate surface area is 130 Å². The molecule has 0 radical (unpaired) electrons. The molecule has 0 bridgehead atoms. The van der Waals surface area contributed by atoms with Gasteiger partial charge in [0.2, 0.25) is 0 Å². The first-order valence-electron chi connectivity index (χ1n) is 8.29. The second-order valence-electron chi connectivity index (χ2n) is 7.95. The number of hydrogen-bond donors (Lipinski definition) is 1. The quantitative estimate of drug-likeness (QED) is 0.854. The summed E-state index contributed by atoms with van der Waals surface area (Å²) in [4.78, 5) is 2.36. The maximum Gasteiger partial charge on any atom is 0.0378 e. The minimum Gasteiger partial charge on any atom is -0.308 e. The van der Waals surface area contributed by atoms with E-state index < -0.39 is 0 Å². The van der Waals surface area contributed by atoms with Crippen LogP contribution in [0.25, 0.3) is 0 Å². The monoisotopic (exact) mass is 288 g/mol. The molecule has 2 nitrogen and oxygen atoms in total. The molecule has 1 aromatic rings. The zero-order chi connectivity index (χ0) is 15.6. The SMILES string of the molecule is CC(C)CC(CNC1c2ccccc2CC1(C)C)N(C)C. The van der Waals surface area contributed by atoms with Gasteiger partial charge in [0.25, 0.3) is 0 Å². The highest BCUT2D eigenvalue weighted by atomic mass is 15.1. The molecule has 1 aliphatic carbocycles. The molecule has 1 aliphatic rings. The Morgan fingerprint density at radius 3 is 2.52 bits per heavy atom. The van der Waals surface area contributed by atoms with Gasteiger partial charge in [0.15, 0.2) is 0 Å². The van der Waals surface area contributed by atoms with E-state index >= 15 is 0 Å². The summed E-state index contributed by atoms with van der Waals surface area (Å²) in [6, 6.07) is 10.0. The molecule has 2 unspecified atom stereocenters. The summed E-state index contributed by atoms with van der Waals surface area (Å²) >= 11 is 0. The number of benzene rings is 1. The summed E-state index contributed by atoms with van der Waals surface area (Å²) in [7, 11) is 4.39. The Kier molecular flexibility index (Phi) is 5.11. The first-order chi connectivity index (χ1) is 9.81. The van der Waals surface area contributed by atoms with Crippen LogP contribution in [0.5, 0.6) is 0 Å². The maximum atomic E-state index is 3.87. The van der Waals surface area contributed by atoms with Crippen molar-refractivity contribution in [3.8, 4) is 0 Å². The van der Waals surface area contributed by atoms with Crippen molar-refractivity contribution in [2.24, 2.45) is 11.3 Å². The molecule has 0 amide bonds. The number of hydrogen-bond acceptors (Lipinski definition) is 2. The summed E-state index contributed by atoms with van der Waals surface area (Å²) in [5, 5.41) is 3.87. The van der Waals surface area contributed by atoms with Gasteiger partial charge in [-0.1, -0.05) is 52.0 Å². The van der Waals surface area contributed by atoms with Gasteiger partial charge in [-0.3, -0.25) is 0 Å². The maximum absolute atomic E-state index is 3.87. The summed E-state index contributed by atoms with van der Waals surface area (Å²) in [5.41, 5.74) is 3.33. The minimum atomic E-state index is 0.304. The van der Waals surface area contributed by atoms with Crippen molar-refractivity contribution in [1.82, 2.24) is 10.2 Å². The zero-order valence-corrected chi connectivity index (χ0v) is 14.6. The van der Waals surface area contributed by atoms with Crippen molar-refractivity contribution in [2.45, 2.75) is 52.6 Å². The molecule has 1 aromatic carbocycles. The van der Waals surface area contributed by atoms with E-state index in [1.165, 1.54) is 24.0 Å². The van der Waals surface area contributed by atoms with Crippen LogP contribution in [0.2, 0.25) is 0 Å². The number of fused-ring (bicyclic) bond motifs is 1. The fourth-order valence-electron chi connectivity index (χ4n) is 3.65. The highest BCUT2D eigenvalue weighted by Gasteiger charge is 2.38. The highest BCUT2D eigenvalue weighted by molar-refractivity contribution is 5.37. The normalized spacial score (nSPS) is 21.8. The average molecular weight is 288 g/mol. The fraction of sp³-hybridized carbons (Fsp3) is 0.684. The summed E-state index contributed by atoms with van der Waals surface area (Å²) in [6.07, 6.45) is 2.42. The summed E-state index contributed by atoms with van der Waals surface area (Å²) in [5.74, 6) is 0.739. The Morgan fingerprint density at radius 1 is 1.24 bits per heavy atom. The molecule has 0 saturated heterocycles. The van der Waals surface area contributed by atoms with Gasteiger partial charge in [0, 0.05) is 18.6 Å². The second kappa shape index (κ2) is 6.50. The van der Waals surface area contributed by atoms with Crippen LogP contribution in [-0.4, -0.2) is 31.6 Å². The Morgan fingerprint density at radius 2 is 1.90 bits per heavy atom. The smallest absolute Gasteiger partial charge is 0.0378 e. The molecule has 0 heterocycles. The van der Waals surface area contributed by atoms with Crippen LogP contribution in [0.15, 0.2) is 24.3 Å². The second-order valence-corrected chi connectivity index (χ2v) is 7.95. The van der Waals surface area contributed by atoms with E-state index in [0.29, 0.717) is 17.5 Å². The van der Waals surface area contributed by atoms with Gasteiger partial charge in [-0.15, -0.1) is 0 Å². The molecular formula is C19H32N2. The van der Waals surface area contributed by atoms with Gasteiger partial charge in [0.05, 0.1) is 0 Å². The van der Waals surface area contributed by atoms with Crippen LogP contribution in [0.4, 0.5) is 0 Å². The number of nitrogens with one attached hydrogen (secondary N) is 1. The van der Waals surface area contributed by atoms with E-state index in [1.54, 1.807) is 0 Å². The van der Waals surface area contributed by atoms with Crippen LogP contribution >= 0.6 is 0 Å². The Balaban J connectivity index is 2.07. The van der Waals surface area contributed by atoms with Crippen molar-refractivity contribution < 1.29 is 0 Å². The van der Waals surface area contributed by atoms with Gasteiger partial charge in [-0.05, 0) is 49.4 Å². The van der Waals surface area contributed by atoms with Crippen molar-refractivity contribution in [3.63, 3.8) is 0 Å².